The number of thioether (sulfide) groups is 1. The highest BCUT2D eigenvalue weighted by Crippen LogP contribution is 2.19. The van der Waals surface area contributed by atoms with Crippen LogP contribution < -0.4 is 5.32 Å². The molecular formula is C12H12ClN3OS. The average Bonchev–Trinajstić information content (AvgIpc) is 2.89. The van der Waals surface area contributed by atoms with E-state index >= 15 is 0 Å². The van der Waals surface area contributed by atoms with E-state index in [-0.39, 0.29) is 5.91 Å². The number of nitrogens with zero attached hydrogens (tertiary/aromatic N) is 1. The number of carbonyl (C=O) groups excluding carboxylic acids is 1. The minimum Gasteiger partial charge on any atom is -0.348 e. The third kappa shape index (κ3) is 4.09. The zero-order valence-electron chi connectivity index (χ0n) is 9.52. The van der Waals surface area contributed by atoms with Crippen molar-refractivity contribution in [3.63, 3.8) is 0 Å². The number of nitrogens with one attached hydrogen (secondary N) is 2. The summed E-state index contributed by atoms with van der Waals surface area (Å²) in [6, 6.07) is 7.41. The summed E-state index contributed by atoms with van der Waals surface area (Å²) in [5.41, 5.74) is 0. The van der Waals surface area contributed by atoms with Crippen LogP contribution in [0.1, 0.15) is 5.82 Å². The van der Waals surface area contributed by atoms with Crippen molar-refractivity contribution in [2.45, 2.75) is 11.4 Å². The molecule has 2 N–H and O–H groups in total. The van der Waals surface area contributed by atoms with Crippen molar-refractivity contribution < 1.29 is 4.79 Å². The molecule has 2 aromatic rings. The number of halogens is 1. The first kappa shape index (κ1) is 13.0. The number of aromatic nitrogens is 2. The van der Waals surface area contributed by atoms with Gasteiger partial charge in [0.15, 0.2) is 0 Å². The normalized spacial score (nSPS) is 10.3. The highest BCUT2D eigenvalue weighted by Gasteiger charge is 2.03. The molecule has 1 amide bonds. The molecule has 0 saturated heterocycles. The summed E-state index contributed by atoms with van der Waals surface area (Å²) in [5, 5.41) is 3.48. The van der Waals surface area contributed by atoms with Crippen molar-refractivity contribution in [3.05, 3.63) is 47.5 Å². The molecule has 0 unspecified atom stereocenters. The van der Waals surface area contributed by atoms with Gasteiger partial charge in [-0.15, -0.1) is 11.8 Å². The monoisotopic (exact) mass is 281 g/mol. The number of aromatic amines is 1. The Morgan fingerprint density at radius 2 is 2.17 bits per heavy atom. The maximum Gasteiger partial charge on any atom is 0.230 e. The van der Waals surface area contributed by atoms with E-state index < -0.39 is 0 Å². The Bertz CT molecular complexity index is 499. The fraction of sp³-hybridized carbons (Fsp3) is 0.167. The van der Waals surface area contributed by atoms with Crippen LogP contribution in [0.15, 0.2) is 41.6 Å². The topological polar surface area (TPSA) is 57.8 Å². The molecule has 0 aliphatic carbocycles. The predicted octanol–water partition coefficient (Wildman–Crippen LogP) is 2.47. The molecule has 1 heterocycles. The summed E-state index contributed by atoms with van der Waals surface area (Å²) in [6.07, 6.45) is 3.38. The predicted molar refractivity (Wildman–Crippen MR) is 72.6 cm³/mol. The van der Waals surface area contributed by atoms with Gasteiger partial charge in [-0.2, -0.15) is 0 Å². The van der Waals surface area contributed by atoms with Crippen LogP contribution in [0.3, 0.4) is 0 Å². The lowest BCUT2D eigenvalue weighted by Gasteiger charge is -2.03. The Balaban J connectivity index is 1.73. The van der Waals surface area contributed by atoms with Crippen LogP contribution in [0, 0.1) is 0 Å². The number of benzene rings is 1. The molecule has 4 nitrogen and oxygen atoms in total. The quantitative estimate of drug-likeness (QED) is 0.828. The van der Waals surface area contributed by atoms with Gasteiger partial charge in [0.1, 0.15) is 5.82 Å². The van der Waals surface area contributed by atoms with Crippen molar-refractivity contribution in [2.75, 3.05) is 5.75 Å². The molecule has 0 radical (unpaired) electrons. The Hall–Kier alpha value is -1.46. The molecule has 18 heavy (non-hydrogen) atoms. The summed E-state index contributed by atoms with van der Waals surface area (Å²) in [4.78, 5) is 19.5. The van der Waals surface area contributed by atoms with E-state index in [2.05, 4.69) is 15.3 Å². The molecule has 6 heteroatoms. The largest absolute Gasteiger partial charge is 0.348 e. The fourth-order valence-electron chi connectivity index (χ4n) is 1.31. The Morgan fingerprint density at radius 1 is 1.39 bits per heavy atom. The highest BCUT2D eigenvalue weighted by atomic mass is 35.5. The smallest absolute Gasteiger partial charge is 0.230 e. The number of imidazole rings is 1. The average molecular weight is 282 g/mol. The molecule has 0 spiro atoms. The number of H-pyrrole nitrogens is 1. The van der Waals surface area contributed by atoms with E-state index in [0.29, 0.717) is 17.3 Å². The van der Waals surface area contributed by atoms with Gasteiger partial charge in [0.2, 0.25) is 5.91 Å². The van der Waals surface area contributed by atoms with Crippen molar-refractivity contribution in [3.8, 4) is 0 Å². The van der Waals surface area contributed by atoms with E-state index in [1.165, 1.54) is 11.8 Å². The van der Waals surface area contributed by atoms with E-state index in [9.17, 15) is 4.79 Å². The Kier molecular flexibility index (Phi) is 4.66. The van der Waals surface area contributed by atoms with E-state index in [1.54, 1.807) is 12.4 Å². The molecule has 2 rings (SSSR count). The summed E-state index contributed by atoms with van der Waals surface area (Å²) in [5.74, 6) is 1.11. The van der Waals surface area contributed by atoms with Crippen molar-refractivity contribution in [1.29, 1.82) is 0 Å². The molecular weight excluding hydrogens is 270 g/mol. The maximum absolute atomic E-state index is 11.6. The first-order valence-corrected chi connectivity index (χ1v) is 6.74. The van der Waals surface area contributed by atoms with Gasteiger partial charge < -0.3 is 10.3 Å². The summed E-state index contributed by atoms with van der Waals surface area (Å²) in [7, 11) is 0. The zero-order chi connectivity index (χ0) is 12.8. The zero-order valence-corrected chi connectivity index (χ0v) is 11.1. The Morgan fingerprint density at radius 3 is 2.83 bits per heavy atom. The number of amides is 1. The second-order valence-electron chi connectivity index (χ2n) is 3.56. The van der Waals surface area contributed by atoms with Gasteiger partial charge in [0.05, 0.1) is 12.3 Å². The highest BCUT2D eigenvalue weighted by molar-refractivity contribution is 8.00. The van der Waals surface area contributed by atoms with Gasteiger partial charge in [-0.1, -0.05) is 11.6 Å². The van der Waals surface area contributed by atoms with E-state index in [0.717, 1.165) is 10.7 Å². The molecule has 0 saturated carbocycles. The lowest BCUT2D eigenvalue weighted by atomic mass is 10.4. The van der Waals surface area contributed by atoms with Crippen molar-refractivity contribution in [1.82, 2.24) is 15.3 Å². The van der Waals surface area contributed by atoms with Crippen molar-refractivity contribution in [2.24, 2.45) is 0 Å². The van der Waals surface area contributed by atoms with Gasteiger partial charge in [-0.25, -0.2) is 4.98 Å². The number of rotatable bonds is 5. The number of hydrogen-bond donors (Lipinski definition) is 2. The van der Waals surface area contributed by atoms with E-state index in [4.69, 9.17) is 11.6 Å². The van der Waals surface area contributed by atoms with Crippen LogP contribution in [0.25, 0.3) is 0 Å². The van der Waals surface area contributed by atoms with Gasteiger partial charge in [-0.05, 0) is 24.3 Å². The van der Waals surface area contributed by atoms with Crippen molar-refractivity contribution >= 4 is 29.3 Å². The molecule has 0 aliphatic heterocycles. The standard InChI is InChI=1S/C12H12ClN3OS/c13-9-1-3-10(4-2-9)18-8-12(17)16-7-11-14-5-6-15-11/h1-6H,7-8H2,(H,14,15)(H,16,17). The van der Waals surface area contributed by atoms with Gasteiger partial charge in [0, 0.05) is 22.3 Å². The third-order valence-corrected chi connectivity index (χ3v) is 3.46. The van der Waals surface area contributed by atoms with Crippen LogP contribution in [0.2, 0.25) is 5.02 Å². The molecule has 0 atom stereocenters. The lowest BCUT2D eigenvalue weighted by Crippen LogP contribution is -2.25. The van der Waals surface area contributed by atoms with Gasteiger partial charge in [-0.3, -0.25) is 4.79 Å². The molecule has 94 valence electrons. The number of hydrogen-bond acceptors (Lipinski definition) is 3. The fourth-order valence-corrected chi connectivity index (χ4v) is 2.16. The van der Waals surface area contributed by atoms with Crippen LogP contribution in [0.4, 0.5) is 0 Å². The SMILES string of the molecule is O=C(CSc1ccc(Cl)cc1)NCc1ncc[nH]1. The Labute approximate surface area is 114 Å². The second kappa shape index (κ2) is 6.47. The molecule has 1 aromatic carbocycles. The number of carbonyl (C=O) groups is 1. The second-order valence-corrected chi connectivity index (χ2v) is 5.04. The molecule has 0 aliphatic rings. The maximum atomic E-state index is 11.6. The lowest BCUT2D eigenvalue weighted by molar-refractivity contribution is -0.118. The molecule has 1 aromatic heterocycles. The molecule has 0 bridgehead atoms. The molecule has 0 fully saturated rings. The van der Waals surface area contributed by atoms with Gasteiger partial charge in [0.25, 0.3) is 0 Å². The van der Waals surface area contributed by atoms with Crippen LogP contribution in [-0.2, 0) is 11.3 Å². The van der Waals surface area contributed by atoms with Crippen LogP contribution in [0.5, 0.6) is 0 Å². The first-order chi connectivity index (χ1) is 8.74. The minimum absolute atomic E-state index is 0.0219. The summed E-state index contributed by atoms with van der Waals surface area (Å²) in [6.45, 7) is 0.424. The third-order valence-electron chi connectivity index (χ3n) is 2.19. The summed E-state index contributed by atoms with van der Waals surface area (Å²) >= 11 is 7.26. The van der Waals surface area contributed by atoms with Gasteiger partial charge >= 0.3 is 0 Å². The summed E-state index contributed by atoms with van der Waals surface area (Å²) < 4.78 is 0. The first-order valence-electron chi connectivity index (χ1n) is 5.37. The van der Waals surface area contributed by atoms with Crippen LogP contribution >= 0.6 is 23.4 Å². The van der Waals surface area contributed by atoms with Crippen LogP contribution in [-0.4, -0.2) is 21.6 Å². The minimum atomic E-state index is -0.0219. The van der Waals surface area contributed by atoms with E-state index in [1.807, 2.05) is 24.3 Å².